The molecule has 0 fully saturated rings. The van der Waals surface area contributed by atoms with Gasteiger partial charge in [-0.3, -0.25) is 4.79 Å². The van der Waals surface area contributed by atoms with Crippen LogP contribution in [0.1, 0.15) is 61.3 Å². The van der Waals surface area contributed by atoms with Crippen molar-refractivity contribution in [2.24, 2.45) is 5.92 Å². The van der Waals surface area contributed by atoms with E-state index in [-0.39, 0.29) is 17.9 Å². The van der Waals surface area contributed by atoms with Crippen molar-refractivity contribution in [2.45, 2.75) is 67.3 Å². The number of hydrogen-bond donors (Lipinski definition) is 0. The van der Waals surface area contributed by atoms with Crippen molar-refractivity contribution >= 4 is 5.91 Å². The summed E-state index contributed by atoms with van der Waals surface area (Å²) in [6.07, 6.45) is 6.62. The second-order valence-corrected chi connectivity index (χ2v) is 6.11. The summed E-state index contributed by atoms with van der Waals surface area (Å²) in [5.74, 6) is 0.310. The van der Waals surface area contributed by atoms with Gasteiger partial charge in [0.1, 0.15) is 0 Å². The number of allylic oxidation sites excluding steroid dienone is 3. The van der Waals surface area contributed by atoms with Crippen molar-refractivity contribution in [3.63, 3.8) is 0 Å². The van der Waals surface area contributed by atoms with Crippen LogP contribution in [0.15, 0.2) is 23.3 Å². The molecule has 0 bridgehead atoms. The largest absolute Gasteiger partial charge is 0.336 e. The van der Waals surface area contributed by atoms with Gasteiger partial charge in [0.2, 0.25) is 5.91 Å². The van der Waals surface area contributed by atoms with Gasteiger partial charge in [-0.25, -0.2) is 0 Å². The van der Waals surface area contributed by atoms with Crippen molar-refractivity contribution in [2.75, 3.05) is 6.54 Å². The smallest absolute Gasteiger partial charge is 0.225 e. The molecule has 0 spiro atoms. The Morgan fingerprint density at radius 1 is 1.05 bits per heavy atom. The number of amides is 1. The molecular formula is C17H31NO. The third kappa shape index (κ3) is 7.86. The maximum absolute atomic E-state index is 12.1. The van der Waals surface area contributed by atoms with Crippen molar-refractivity contribution in [1.29, 1.82) is 0 Å². The second kappa shape index (κ2) is 8.95. The highest BCUT2D eigenvalue weighted by Gasteiger charge is 2.18. The van der Waals surface area contributed by atoms with Gasteiger partial charge in [0.05, 0.1) is 0 Å². The fourth-order valence-electron chi connectivity index (χ4n) is 1.83. The summed E-state index contributed by atoms with van der Waals surface area (Å²) in [5, 5.41) is 0. The highest BCUT2D eigenvalue weighted by atomic mass is 16.2. The Labute approximate surface area is 119 Å². The predicted molar refractivity (Wildman–Crippen MR) is 84.1 cm³/mol. The molecule has 0 unspecified atom stereocenters. The van der Waals surface area contributed by atoms with E-state index in [0.717, 1.165) is 19.4 Å². The zero-order valence-electron chi connectivity index (χ0n) is 13.8. The number of hydrogen-bond acceptors (Lipinski definition) is 1. The van der Waals surface area contributed by atoms with Crippen LogP contribution in [0.25, 0.3) is 0 Å². The maximum atomic E-state index is 12.1. The predicted octanol–water partition coefficient (Wildman–Crippen LogP) is 4.57. The van der Waals surface area contributed by atoms with Crippen LogP contribution in [0.2, 0.25) is 0 Å². The molecule has 0 rings (SSSR count). The molecule has 110 valence electrons. The van der Waals surface area contributed by atoms with Gasteiger partial charge in [-0.15, -0.1) is 0 Å². The van der Waals surface area contributed by atoms with Gasteiger partial charge in [0, 0.05) is 18.5 Å². The van der Waals surface area contributed by atoms with Gasteiger partial charge in [0.15, 0.2) is 0 Å². The molecule has 0 aliphatic carbocycles. The molecule has 0 aromatic rings. The van der Waals surface area contributed by atoms with Crippen LogP contribution in [0.4, 0.5) is 0 Å². The Kier molecular flexibility index (Phi) is 8.46. The van der Waals surface area contributed by atoms with E-state index in [1.807, 2.05) is 18.7 Å². The van der Waals surface area contributed by atoms with E-state index >= 15 is 0 Å². The third-order valence-electron chi connectivity index (χ3n) is 3.13. The first-order chi connectivity index (χ1) is 8.75. The van der Waals surface area contributed by atoms with E-state index < -0.39 is 0 Å². The number of carbonyl (C=O) groups excluding carboxylic acids is 1. The average molecular weight is 265 g/mol. The highest BCUT2D eigenvalue weighted by Crippen LogP contribution is 2.10. The number of rotatable bonds is 7. The first-order valence-electron chi connectivity index (χ1n) is 7.35. The molecule has 0 saturated heterocycles. The summed E-state index contributed by atoms with van der Waals surface area (Å²) in [4.78, 5) is 14.0. The second-order valence-electron chi connectivity index (χ2n) is 6.11. The van der Waals surface area contributed by atoms with E-state index in [2.05, 4.69) is 46.8 Å². The van der Waals surface area contributed by atoms with Gasteiger partial charge in [0.25, 0.3) is 0 Å². The molecule has 2 heteroatoms. The van der Waals surface area contributed by atoms with Crippen LogP contribution >= 0.6 is 0 Å². The SMILES string of the molecule is CC(C)=CCCC(C)=CCN(C(=O)C(C)C)C(C)C. The third-order valence-corrected chi connectivity index (χ3v) is 3.13. The Balaban J connectivity index is 4.45. The van der Waals surface area contributed by atoms with Crippen LogP contribution in [-0.4, -0.2) is 23.4 Å². The molecule has 1 amide bonds. The van der Waals surface area contributed by atoms with Gasteiger partial charge >= 0.3 is 0 Å². The summed E-state index contributed by atoms with van der Waals surface area (Å²) >= 11 is 0. The number of nitrogens with zero attached hydrogens (tertiary/aromatic N) is 1. The van der Waals surface area contributed by atoms with Crippen molar-refractivity contribution in [1.82, 2.24) is 4.90 Å². The zero-order valence-corrected chi connectivity index (χ0v) is 13.8. The van der Waals surface area contributed by atoms with Gasteiger partial charge in [-0.05, 0) is 47.5 Å². The Morgan fingerprint density at radius 2 is 1.63 bits per heavy atom. The minimum atomic E-state index is 0.0711. The Hall–Kier alpha value is -1.05. The molecule has 0 aromatic carbocycles. The van der Waals surface area contributed by atoms with E-state index in [9.17, 15) is 4.79 Å². The monoisotopic (exact) mass is 265 g/mol. The fourth-order valence-corrected chi connectivity index (χ4v) is 1.83. The lowest BCUT2D eigenvalue weighted by atomic mass is 10.1. The van der Waals surface area contributed by atoms with Gasteiger partial charge in [-0.2, -0.15) is 0 Å². The molecule has 19 heavy (non-hydrogen) atoms. The molecule has 0 N–H and O–H groups in total. The highest BCUT2D eigenvalue weighted by molar-refractivity contribution is 5.78. The summed E-state index contributed by atoms with van der Waals surface area (Å²) in [7, 11) is 0. The molecule has 0 radical (unpaired) electrons. The minimum Gasteiger partial charge on any atom is -0.336 e. The molecule has 0 heterocycles. The standard InChI is InChI=1S/C17H31NO/c1-13(2)9-8-10-16(7)11-12-18(15(5)6)17(19)14(3)4/h9,11,14-15H,8,10,12H2,1-7H3. The van der Waals surface area contributed by atoms with E-state index in [1.165, 1.54) is 11.1 Å². The zero-order chi connectivity index (χ0) is 15.0. The van der Waals surface area contributed by atoms with Crippen molar-refractivity contribution < 1.29 is 4.79 Å². The minimum absolute atomic E-state index is 0.0711. The Bertz CT molecular complexity index is 333. The summed E-state index contributed by atoms with van der Waals surface area (Å²) in [6, 6.07) is 0.261. The van der Waals surface area contributed by atoms with Crippen LogP contribution in [0.5, 0.6) is 0 Å². The quantitative estimate of drug-likeness (QED) is 0.617. The molecule has 2 nitrogen and oxygen atoms in total. The molecule has 0 aliphatic heterocycles. The van der Waals surface area contributed by atoms with Crippen molar-refractivity contribution in [3.8, 4) is 0 Å². The summed E-state index contributed by atoms with van der Waals surface area (Å²) in [5.41, 5.74) is 2.73. The van der Waals surface area contributed by atoms with Crippen LogP contribution in [0, 0.1) is 5.92 Å². The van der Waals surface area contributed by atoms with E-state index in [4.69, 9.17) is 0 Å². The number of carbonyl (C=O) groups is 1. The molecule has 0 aliphatic rings. The maximum Gasteiger partial charge on any atom is 0.225 e. The van der Waals surface area contributed by atoms with Gasteiger partial charge in [-0.1, -0.05) is 37.1 Å². The normalized spacial score (nSPS) is 11.9. The summed E-state index contributed by atoms with van der Waals surface area (Å²) in [6.45, 7) is 15.2. The van der Waals surface area contributed by atoms with Crippen LogP contribution in [-0.2, 0) is 4.79 Å². The lowest BCUT2D eigenvalue weighted by Crippen LogP contribution is -2.39. The fraction of sp³-hybridized carbons (Fsp3) is 0.706. The molecular weight excluding hydrogens is 234 g/mol. The lowest BCUT2D eigenvalue weighted by molar-refractivity contribution is -0.135. The van der Waals surface area contributed by atoms with E-state index in [1.54, 1.807) is 0 Å². The molecule has 0 atom stereocenters. The molecule has 0 saturated carbocycles. The first kappa shape index (κ1) is 17.9. The van der Waals surface area contributed by atoms with Gasteiger partial charge < -0.3 is 4.90 Å². The van der Waals surface area contributed by atoms with E-state index in [0.29, 0.717) is 0 Å². The first-order valence-corrected chi connectivity index (χ1v) is 7.35. The van der Waals surface area contributed by atoms with Crippen LogP contribution < -0.4 is 0 Å². The lowest BCUT2D eigenvalue weighted by Gasteiger charge is -2.27. The topological polar surface area (TPSA) is 20.3 Å². The summed E-state index contributed by atoms with van der Waals surface area (Å²) < 4.78 is 0. The molecule has 0 aromatic heterocycles. The van der Waals surface area contributed by atoms with Crippen LogP contribution in [0.3, 0.4) is 0 Å². The van der Waals surface area contributed by atoms with Crippen molar-refractivity contribution in [3.05, 3.63) is 23.3 Å². The average Bonchev–Trinajstić information content (AvgIpc) is 2.27. The Morgan fingerprint density at radius 3 is 2.05 bits per heavy atom.